The molecule has 0 bridgehead atoms. The Labute approximate surface area is 131 Å². The van der Waals surface area contributed by atoms with Gasteiger partial charge in [0.05, 0.1) is 6.20 Å². The van der Waals surface area contributed by atoms with Crippen molar-refractivity contribution in [3.05, 3.63) is 53.9 Å². The van der Waals surface area contributed by atoms with Crippen LogP contribution in [0.3, 0.4) is 0 Å². The minimum atomic E-state index is 0.484. The summed E-state index contributed by atoms with van der Waals surface area (Å²) in [7, 11) is 5.83. The van der Waals surface area contributed by atoms with Crippen LogP contribution in [0.15, 0.2) is 47.7 Å². The summed E-state index contributed by atoms with van der Waals surface area (Å²) < 4.78 is 1.83. The summed E-state index contributed by atoms with van der Waals surface area (Å²) in [6, 6.07) is 11.2. The van der Waals surface area contributed by atoms with Crippen molar-refractivity contribution in [2.24, 2.45) is 12.0 Å². The Bertz CT molecular complexity index is 646. The van der Waals surface area contributed by atoms with E-state index < -0.39 is 0 Å². The highest BCUT2D eigenvalue weighted by atomic mass is 15.3. The third kappa shape index (κ3) is 3.30. The van der Waals surface area contributed by atoms with Gasteiger partial charge in [-0.25, -0.2) is 0 Å². The standard InChI is InChI=1S/C17H23N5/c1-18-17(21(2)11-13-10-19-22(3)12-13)20-16-9-15(16)14-7-5-4-6-8-14/h4-8,10,12,15-16H,9,11H2,1-3H3,(H,18,20). The third-order valence-electron chi connectivity index (χ3n) is 4.08. The van der Waals surface area contributed by atoms with Crippen LogP contribution in [-0.4, -0.2) is 40.8 Å². The van der Waals surface area contributed by atoms with Crippen LogP contribution in [0.25, 0.3) is 0 Å². The van der Waals surface area contributed by atoms with E-state index in [0.717, 1.165) is 12.5 Å². The highest BCUT2D eigenvalue weighted by molar-refractivity contribution is 5.80. The first-order valence-electron chi connectivity index (χ1n) is 7.64. The molecule has 1 N–H and O–H groups in total. The fourth-order valence-electron chi connectivity index (χ4n) is 2.84. The van der Waals surface area contributed by atoms with E-state index in [1.165, 1.54) is 17.5 Å². The van der Waals surface area contributed by atoms with Crippen LogP contribution in [0, 0.1) is 0 Å². The number of nitrogens with one attached hydrogen (secondary N) is 1. The zero-order valence-electron chi connectivity index (χ0n) is 13.4. The minimum absolute atomic E-state index is 0.484. The molecule has 1 fully saturated rings. The van der Waals surface area contributed by atoms with Crippen molar-refractivity contribution in [2.45, 2.75) is 24.9 Å². The first-order chi connectivity index (χ1) is 10.7. The monoisotopic (exact) mass is 297 g/mol. The molecule has 2 atom stereocenters. The molecule has 1 heterocycles. The van der Waals surface area contributed by atoms with E-state index in [2.05, 4.69) is 57.7 Å². The number of aryl methyl sites for hydroxylation is 1. The second kappa shape index (κ2) is 6.22. The number of benzene rings is 1. The molecular weight excluding hydrogens is 274 g/mol. The molecule has 0 amide bonds. The average Bonchev–Trinajstić information content (AvgIpc) is 3.19. The number of guanidine groups is 1. The van der Waals surface area contributed by atoms with Crippen LogP contribution in [0.4, 0.5) is 0 Å². The molecule has 1 aromatic carbocycles. The van der Waals surface area contributed by atoms with Gasteiger partial charge in [0.25, 0.3) is 0 Å². The Morgan fingerprint density at radius 2 is 2.18 bits per heavy atom. The lowest BCUT2D eigenvalue weighted by molar-refractivity contribution is 0.475. The average molecular weight is 297 g/mol. The Morgan fingerprint density at radius 1 is 1.41 bits per heavy atom. The number of rotatable bonds is 4. The van der Waals surface area contributed by atoms with Crippen molar-refractivity contribution in [3.63, 3.8) is 0 Å². The van der Waals surface area contributed by atoms with Gasteiger partial charge in [-0.2, -0.15) is 5.10 Å². The Balaban J connectivity index is 1.57. The largest absolute Gasteiger partial charge is 0.353 e. The normalized spacial score (nSPS) is 20.8. The zero-order valence-corrected chi connectivity index (χ0v) is 13.4. The van der Waals surface area contributed by atoms with Gasteiger partial charge in [-0.1, -0.05) is 30.3 Å². The van der Waals surface area contributed by atoms with Gasteiger partial charge in [-0.3, -0.25) is 9.67 Å². The van der Waals surface area contributed by atoms with Crippen LogP contribution >= 0.6 is 0 Å². The number of nitrogens with zero attached hydrogens (tertiary/aromatic N) is 4. The van der Waals surface area contributed by atoms with E-state index in [1.54, 1.807) is 0 Å². The number of aromatic nitrogens is 2. The summed E-state index contributed by atoms with van der Waals surface area (Å²) >= 11 is 0. The topological polar surface area (TPSA) is 45.5 Å². The van der Waals surface area contributed by atoms with Gasteiger partial charge < -0.3 is 10.2 Å². The van der Waals surface area contributed by atoms with Gasteiger partial charge in [-0.15, -0.1) is 0 Å². The van der Waals surface area contributed by atoms with Crippen molar-refractivity contribution in [2.75, 3.05) is 14.1 Å². The smallest absolute Gasteiger partial charge is 0.193 e. The van der Waals surface area contributed by atoms with Gasteiger partial charge in [-0.05, 0) is 12.0 Å². The second-order valence-electron chi connectivity index (χ2n) is 5.93. The molecule has 1 saturated carbocycles. The summed E-state index contributed by atoms with van der Waals surface area (Å²) in [6.07, 6.45) is 5.10. The van der Waals surface area contributed by atoms with Gasteiger partial charge in [0.1, 0.15) is 0 Å². The summed E-state index contributed by atoms with van der Waals surface area (Å²) in [4.78, 5) is 6.54. The predicted molar refractivity (Wildman–Crippen MR) is 88.8 cm³/mol. The lowest BCUT2D eigenvalue weighted by atomic mass is 10.1. The molecule has 0 saturated heterocycles. The van der Waals surface area contributed by atoms with E-state index in [1.807, 2.05) is 31.2 Å². The molecule has 1 aliphatic carbocycles. The maximum atomic E-state index is 4.40. The molecule has 22 heavy (non-hydrogen) atoms. The molecule has 0 aliphatic heterocycles. The SMILES string of the molecule is CN=C(NC1CC1c1ccccc1)N(C)Cc1cnn(C)c1. The van der Waals surface area contributed by atoms with Crippen LogP contribution < -0.4 is 5.32 Å². The highest BCUT2D eigenvalue weighted by Crippen LogP contribution is 2.40. The lowest BCUT2D eigenvalue weighted by Gasteiger charge is -2.21. The summed E-state index contributed by atoms with van der Waals surface area (Å²) in [5.74, 6) is 1.54. The van der Waals surface area contributed by atoms with E-state index in [9.17, 15) is 0 Å². The quantitative estimate of drug-likeness (QED) is 0.693. The van der Waals surface area contributed by atoms with Crippen LogP contribution in [0.1, 0.15) is 23.5 Å². The van der Waals surface area contributed by atoms with Gasteiger partial charge in [0, 0.05) is 51.4 Å². The fourth-order valence-corrected chi connectivity index (χ4v) is 2.84. The third-order valence-corrected chi connectivity index (χ3v) is 4.08. The van der Waals surface area contributed by atoms with E-state index >= 15 is 0 Å². The molecule has 0 radical (unpaired) electrons. The summed E-state index contributed by atoms with van der Waals surface area (Å²) in [5.41, 5.74) is 2.59. The highest BCUT2D eigenvalue weighted by Gasteiger charge is 2.39. The molecule has 3 rings (SSSR count). The van der Waals surface area contributed by atoms with Gasteiger partial charge in [0.15, 0.2) is 5.96 Å². The van der Waals surface area contributed by atoms with Crippen molar-refractivity contribution in [1.29, 1.82) is 0 Å². The van der Waals surface area contributed by atoms with Crippen molar-refractivity contribution in [3.8, 4) is 0 Å². The molecular formula is C17H23N5. The number of hydrogen-bond acceptors (Lipinski definition) is 2. The Kier molecular flexibility index (Phi) is 4.13. The molecule has 2 aromatic rings. The van der Waals surface area contributed by atoms with Crippen molar-refractivity contribution in [1.82, 2.24) is 20.0 Å². The molecule has 1 aromatic heterocycles. The number of hydrogen-bond donors (Lipinski definition) is 1. The maximum absolute atomic E-state index is 4.40. The summed E-state index contributed by atoms with van der Waals surface area (Å²) in [5, 5.41) is 7.77. The summed E-state index contributed by atoms with van der Waals surface area (Å²) in [6.45, 7) is 0.802. The van der Waals surface area contributed by atoms with Crippen molar-refractivity contribution >= 4 is 5.96 Å². The molecule has 0 spiro atoms. The molecule has 2 unspecified atom stereocenters. The zero-order chi connectivity index (χ0) is 15.5. The van der Waals surface area contributed by atoms with Crippen LogP contribution in [0.5, 0.6) is 0 Å². The molecule has 116 valence electrons. The van der Waals surface area contributed by atoms with Gasteiger partial charge >= 0.3 is 0 Å². The van der Waals surface area contributed by atoms with Gasteiger partial charge in [0.2, 0.25) is 0 Å². The first kappa shape index (κ1) is 14.6. The van der Waals surface area contributed by atoms with Crippen LogP contribution in [-0.2, 0) is 13.6 Å². The lowest BCUT2D eigenvalue weighted by Crippen LogP contribution is -2.40. The number of aliphatic imine (C=N–C) groups is 1. The molecule has 1 aliphatic rings. The first-order valence-corrected chi connectivity index (χ1v) is 7.64. The van der Waals surface area contributed by atoms with Crippen molar-refractivity contribution < 1.29 is 0 Å². The van der Waals surface area contributed by atoms with E-state index in [4.69, 9.17) is 0 Å². The Hall–Kier alpha value is -2.30. The predicted octanol–water partition coefficient (Wildman–Crippen LogP) is 1.98. The van der Waals surface area contributed by atoms with E-state index in [0.29, 0.717) is 12.0 Å². The molecule has 5 heteroatoms. The minimum Gasteiger partial charge on any atom is -0.353 e. The Morgan fingerprint density at radius 3 is 2.82 bits per heavy atom. The molecule has 5 nitrogen and oxygen atoms in total. The van der Waals surface area contributed by atoms with Crippen LogP contribution in [0.2, 0.25) is 0 Å². The van der Waals surface area contributed by atoms with E-state index in [-0.39, 0.29) is 0 Å². The fraction of sp³-hybridized carbons (Fsp3) is 0.412. The second-order valence-corrected chi connectivity index (χ2v) is 5.93. The maximum Gasteiger partial charge on any atom is 0.193 e.